The third kappa shape index (κ3) is 2.13. The van der Waals surface area contributed by atoms with E-state index in [2.05, 4.69) is 0 Å². The fraction of sp³-hybridized carbons (Fsp3) is 0.222. The molecule has 0 spiro atoms. The van der Waals surface area contributed by atoms with E-state index in [1.165, 1.54) is 12.1 Å². The third-order valence-corrected chi connectivity index (χ3v) is 2.05. The van der Waals surface area contributed by atoms with Crippen LogP contribution in [-0.2, 0) is 6.42 Å². The Balaban J connectivity index is 3.20. The van der Waals surface area contributed by atoms with Gasteiger partial charge in [0.25, 0.3) is 0 Å². The number of hydrogen-bond donors (Lipinski definition) is 3. The second-order valence-corrected chi connectivity index (χ2v) is 2.95. The molecule has 3 N–H and O–H groups in total. The molecule has 0 aliphatic rings. The van der Waals surface area contributed by atoms with E-state index < -0.39 is 13.1 Å². The topological polar surface area (TPSA) is 77.8 Å². The average Bonchev–Trinajstić information content (AvgIpc) is 2.16. The van der Waals surface area contributed by atoms with Crippen LogP contribution in [0.2, 0.25) is 0 Å². The van der Waals surface area contributed by atoms with E-state index in [1.54, 1.807) is 6.07 Å². The summed E-state index contributed by atoms with van der Waals surface area (Å²) in [7, 11) is -1.62. The molecule has 1 aromatic carbocycles. The monoisotopic (exact) mass is 194 g/mol. The van der Waals surface area contributed by atoms with Crippen molar-refractivity contribution in [1.82, 2.24) is 0 Å². The van der Waals surface area contributed by atoms with Gasteiger partial charge < -0.3 is 15.2 Å². The maximum atomic E-state index is 10.6. The molecule has 0 fully saturated rings. The molecule has 0 bridgehead atoms. The van der Waals surface area contributed by atoms with E-state index in [-0.39, 0.29) is 11.0 Å². The van der Waals surface area contributed by atoms with Crippen molar-refractivity contribution in [1.29, 1.82) is 0 Å². The summed E-state index contributed by atoms with van der Waals surface area (Å²) >= 11 is 0. The van der Waals surface area contributed by atoms with Crippen molar-refractivity contribution in [3.05, 3.63) is 29.3 Å². The van der Waals surface area contributed by atoms with Gasteiger partial charge in [-0.2, -0.15) is 0 Å². The predicted octanol–water partition coefficient (Wildman–Crippen LogP) is -0.373. The van der Waals surface area contributed by atoms with Gasteiger partial charge in [0.15, 0.2) is 0 Å². The van der Waals surface area contributed by atoms with E-state index in [0.717, 1.165) is 5.56 Å². The molecule has 0 atom stereocenters. The van der Waals surface area contributed by atoms with Crippen molar-refractivity contribution in [3.8, 4) is 0 Å². The Morgan fingerprint density at radius 2 is 2.07 bits per heavy atom. The molecule has 0 aliphatic heterocycles. The van der Waals surface area contributed by atoms with E-state index in [9.17, 15) is 4.79 Å². The molecule has 1 aromatic rings. The highest BCUT2D eigenvalue weighted by Crippen LogP contribution is 2.03. The Kier molecular flexibility index (Phi) is 3.27. The minimum Gasteiger partial charge on any atom is -0.478 e. The molecule has 0 saturated heterocycles. The van der Waals surface area contributed by atoms with Crippen LogP contribution in [0.25, 0.3) is 0 Å². The molecule has 0 saturated carbocycles. The van der Waals surface area contributed by atoms with Gasteiger partial charge in [0, 0.05) is 0 Å². The summed E-state index contributed by atoms with van der Waals surface area (Å²) in [5, 5.41) is 26.7. The fourth-order valence-corrected chi connectivity index (χ4v) is 1.29. The first-order valence-electron chi connectivity index (χ1n) is 4.28. The van der Waals surface area contributed by atoms with Crippen molar-refractivity contribution in [3.63, 3.8) is 0 Å². The first-order chi connectivity index (χ1) is 6.56. The molecule has 0 aromatic heterocycles. The highest BCUT2D eigenvalue weighted by Gasteiger charge is 2.17. The zero-order chi connectivity index (χ0) is 10.7. The Hall–Kier alpha value is -1.33. The van der Waals surface area contributed by atoms with Gasteiger partial charge in [0.1, 0.15) is 0 Å². The number of carboxylic acids is 1. The number of benzene rings is 1. The molecule has 4 nitrogen and oxygen atoms in total. The maximum Gasteiger partial charge on any atom is 0.488 e. The van der Waals surface area contributed by atoms with Crippen molar-refractivity contribution in [2.45, 2.75) is 13.3 Å². The molecule has 0 unspecified atom stereocenters. The zero-order valence-electron chi connectivity index (χ0n) is 7.77. The highest BCUT2D eigenvalue weighted by atomic mass is 16.4. The summed E-state index contributed by atoms with van der Waals surface area (Å²) in [6, 6.07) is 4.33. The minimum atomic E-state index is -1.62. The first kappa shape index (κ1) is 10.8. The van der Waals surface area contributed by atoms with Crippen molar-refractivity contribution >= 4 is 18.6 Å². The fourth-order valence-electron chi connectivity index (χ4n) is 1.29. The summed E-state index contributed by atoms with van der Waals surface area (Å²) in [6.07, 6.45) is 0.632. The number of rotatable bonds is 3. The SMILES string of the molecule is CCc1ccc(C(=O)O)cc1B(O)O. The molecule has 0 aliphatic carbocycles. The lowest BCUT2D eigenvalue weighted by Gasteiger charge is -2.07. The smallest absolute Gasteiger partial charge is 0.478 e. The molecular weight excluding hydrogens is 183 g/mol. The molecular formula is C9H11BO4. The predicted molar refractivity (Wildman–Crippen MR) is 52.6 cm³/mol. The Bertz CT molecular complexity index is 349. The molecule has 1 rings (SSSR count). The Morgan fingerprint density at radius 1 is 1.43 bits per heavy atom. The lowest BCUT2D eigenvalue weighted by Crippen LogP contribution is -2.33. The van der Waals surface area contributed by atoms with Crippen LogP contribution in [-0.4, -0.2) is 28.2 Å². The van der Waals surface area contributed by atoms with Crippen LogP contribution < -0.4 is 5.46 Å². The van der Waals surface area contributed by atoms with Crippen LogP contribution in [0.5, 0.6) is 0 Å². The molecule has 0 radical (unpaired) electrons. The quantitative estimate of drug-likeness (QED) is 0.573. The van der Waals surface area contributed by atoms with Gasteiger partial charge in [0.2, 0.25) is 0 Å². The summed E-state index contributed by atoms with van der Waals surface area (Å²) in [4.78, 5) is 10.6. The molecule has 74 valence electrons. The summed E-state index contributed by atoms with van der Waals surface area (Å²) < 4.78 is 0. The first-order valence-corrected chi connectivity index (χ1v) is 4.28. The molecule has 5 heteroatoms. The number of carboxylic acid groups (broad SMARTS) is 1. The van der Waals surface area contributed by atoms with E-state index >= 15 is 0 Å². The molecule has 0 amide bonds. The normalized spacial score (nSPS) is 9.93. The largest absolute Gasteiger partial charge is 0.488 e. The highest BCUT2D eigenvalue weighted by molar-refractivity contribution is 6.59. The average molecular weight is 194 g/mol. The van der Waals surface area contributed by atoms with E-state index in [1.807, 2.05) is 6.92 Å². The van der Waals surface area contributed by atoms with Crippen LogP contribution in [0.4, 0.5) is 0 Å². The third-order valence-electron chi connectivity index (χ3n) is 2.05. The van der Waals surface area contributed by atoms with Crippen molar-refractivity contribution < 1.29 is 19.9 Å². The zero-order valence-corrected chi connectivity index (χ0v) is 7.77. The van der Waals surface area contributed by atoms with Gasteiger partial charge in [-0.05, 0) is 29.6 Å². The van der Waals surface area contributed by atoms with E-state index in [4.69, 9.17) is 15.2 Å². The number of aryl methyl sites for hydroxylation is 1. The summed E-state index contributed by atoms with van der Waals surface area (Å²) in [5.41, 5.74) is 1.06. The van der Waals surface area contributed by atoms with Crippen LogP contribution in [0, 0.1) is 0 Å². The van der Waals surface area contributed by atoms with Gasteiger partial charge in [-0.1, -0.05) is 13.0 Å². The van der Waals surface area contributed by atoms with Crippen molar-refractivity contribution in [2.24, 2.45) is 0 Å². The van der Waals surface area contributed by atoms with Gasteiger partial charge in [-0.3, -0.25) is 0 Å². The van der Waals surface area contributed by atoms with Gasteiger partial charge >= 0.3 is 13.1 Å². The van der Waals surface area contributed by atoms with Crippen molar-refractivity contribution in [2.75, 3.05) is 0 Å². The van der Waals surface area contributed by atoms with Gasteiger partial charge in [-0.25, -0.2) is 4.79 Å². The number of aromatic carboxylic acids is 1. The second kappa shape index (κ2) is 4.26. The van der Waals surface area contributed by atoms with Crippen LogP contribution >= 0.6 is 0 Å². The lowest BCUT2D eigenvalue weighted by atomic mass is 9.75. The summed E-state index contributed by atoms with van der Waals surface area (Å²) in [5.74, 6) is -1.07. The van der Waals surface area contributed by atoms with E-state index in [0.29, 0.717) is 6.42 Å². The van der Waals surface area contributed by atoms with Crippen LogP contribution in [0.1, 0.15) is 22.8 Å². The second-order valence-electron chi connectivity index (χ2n) is 2.95. The molecule has 0 heterocycles. The Morgan fingerprint density at radius 3 is 2.50 bits per heavy atom. The lowest BCUT2D eigenvalue weighted by molar-refractivity contribution is 0.0697. The maximum absolute atomic E-state index is 10.6. The van der Waals surface area contributed by atoms with Crippen LogP contribution in [0.3, 0.4) is 0 Å². The Labute approximate surface area is 82.0 Å². The number of hydrogen-bond acceptors (Lipinski definition) is 3. The standard InChI is InChI=1S/C9H11BO4/c1-2-6-3-4-7(9(11)12)5-8(6)10(13)14/h3-5,13-14H,2H2,1H3,(H,11,12). The minimum absolute atomic E-state index is 0.0605. The van der Waals surface area contributed by atoms with Gasteiger partial charge in [0.05, 0.1) is 5.56 Å². The summed E-state index contributed by atoms with van der Waals surface area (Å²) in [6.45, 7) is 1.86. The molecule has 14 heavy (non-hydrogen) atoms. The van der Waals surface area contributed by atoms with Gasteiger partial charge in [-0.15, -0.1) is 0 Å². The van der Waals surface area contributed by atoms with Crippen LogP contribution in [0.15, 0.2) is 18.2 Å². The number of carbonyl (C=O) groups is 1.